The molecule has 0 rings (SSSR count). The van der Waals surface area contributed by atoms with Gasteiger partial charge in [-0.25, -0.2) is 4.79 Å². The molecule has 4 nitrogen and oxygen atoms in total. The van der Waals surface area contributed by atoms with E-state index in [2.05, 4.69) is 16.4 Å². The molecular weight excluding hydrogens is 148 g/mol. The van der Waals surface area contributed by atoms with E-state index in [-0.39, 0.29) is 0 Å². The summed E-state index contributed by atoms with van der Waals surface area (Å²) in [6.07, 6.45) is 0. The van der Waals surface area contributed by atoms with Gasteiger partial charge in [-0.05, 0) is 27.4 Å². The Morgan fingerprint density at radius 2 is 1.91 bits per heavy atom. The fourth-order valence-corrected chi connectivity index (χ4v) is 0.211. The van der Waals surface area contributed by atoms with Crippen LogP contribution in [0.15, 0.2) is 12.3 Å². The summed E-state index contributed by atoms with van der Waals surface area (Å²) in [7, 11) is 0. The molecule has 0 aliphatic carbocycles. The molecule has 0 aliphatic heterocycles. The van der Waals surface area contributed by atoms with Crippen molar-refractivity contribution in [3.8, 4) is 0 Å². The summed E-state index contributed by atoms with van der Waals surface area (Å²) in [5, 5.41) is 8.27. The van der Waals surface area contributed by atoms with Crippen LogP contribution in [-0.2, 0) is 14.6 Å². The Morgan fingerprint density at radius 3 is 2.18 bits per heavy atom. The van der Waals surface area contributed by atoms with Gasteiger partial charge in [0.1, 0.15) is 5.60 Å². The number of hydrogen-bond acceptors (Lipinski definition) is 3. The summed E-state index contributed by atoms with van der Waals surface area (Å²) >= 11 is 0. The lowest BCUT2D eigenvalue weighted by atomic mass is 10.2. The van der Waals surface area contributed by atoms with Gasteiger partial charge in [0, 0.05) is 0 Å². The highest BCUT2D eigenvalue weighted by atomic mass is 17.2. The summed E-state index contributed by atoms with van der Waals surface area (Å²) in [6.45, 7) is 8.33. The van der Waals surface area contributed by atoms with Crippen LogP contribution < -0.4 is 0 Å². The minimum Gasteiger partial charge on any atom is -0.475 e. The van der Waals surface area contributed by atoms with Gasteiger partial charge in [0.15, 0.2) is 0 Å². The molecule has 1 N–H and O–H groups in total. The third-order valence-electron chi connectivity index (χ3n) is 0.631. The van der Waals surface area contributed by atoms with E-state index in [0.717, 1.165) is 0 Å². The van der Waals surface area contributed by atoms with Gasteiger partial charge in [0.25, 0.3) is 0 Å². The zero-order valence-electron chi connectivity index (χ0n) is 6.88. The summed E-state index contributed by atoms with van der Waals surface area (Å²) in [5.74, 6) is -1.64. The van der Waals surface area contributed by atoms with E-state index >= 15 is 0 Å². The van der Waals surface area contributed by atoms with E-state index in [9.17, 15) is 4.79 Å². The van der Waals surface area contributed by atoms with Gasteiger partial charge < -0.3 is 9.99 Å². The van der Waals surface area contributed by atoms with E-state index < -0.39 is 17.3 Å². The maximum Gasteiger partial charge on any atom is 0.374 e. The standard InChI is InChI=1S/C7H12O4/c1-5(6(8)9)10-11-7(2,3)4/h1H2,2-4H3,(H,8,9). The van der Waals surface area contributed by atoms with Crippen molar-refractivity contribution >= 4 is 5.97 Å². The topological polar surface area (TPSA) is 55.8 Å². The monoisotopic (exact) mass is 160 g/mol. The van der Waals surface area contributed by atoms with Crippen molar-refractivity contribution in [2.45, 2.75) is 26.4 Å². The van der Waals surface area contributed by atoms with Gasteiger partial charge >= 0.3 is 5.97 Å². The molecule has 0 saturated heterocycles. The lowest BCUT2D eigenvalue weighted by Crippen LogP contribution is -2.20. The van der Waals surface area contributed by atoms with Crippen LogP contribution >= 0.6 is 0 Å². The minimum atomic E-state index is -1.23. The molecular formula is C7H12O4. The number of hydrogen-bond donors (Lipinski definition) is 1. The number of aliphatic carboxylic acids is 1. The van der Waals surface area contributed by atoms with Crippen molar-refractivity contribution in [1.29, 1.82) is 0 Å². The first kappa shape index (κ1) is 9.97. The summed E-state index contributed by atoms with van der Waals surface area (Å²) < 4.78 is 0. The first-order valence-electron chi connectivity index (χ1n) is 3.11. The first-order valence-corrected chi connectivity index (χ1v) is 3.11. The van der Waals surface area contributed by atoms with Crippen LogP contribution in [0, 0.1) is 0 Å². The predicted molar refractivity (Wildman–Crippen MR) is 38.7 cm³/mol. The minimum absolute atomic E-state index is 0.417. The third-order valence-corrected chi connectivity index (χ3v) is 0.631. The normalized spacial score (nSPS) is 10.8. The average Bonchev–Trinajstić information content (AvgIpc) is 1.80. The SMILES string of the molecule is C=C(OOC(C)(C)C)C(=O)O. The molecule has 0 aromatic heterocycles. The Balaban J connectivity index is 3.73. The molecule has 4 heteroatoms. The molecule has 0 aromatic carbocycles. The van der Waals surface area contributed by atoms with E-state index in [1.165, 1.54) is 0 Å². The Kier molecular flexibility index (Phi) is 3.07. The lowest BCUT2D eigenvalue weighted by Gasteiger charge is -2.16. The van der Waals surface area contributed by atoms with E-state index in [4.69, 9.17) is 5.11 Å². The second-order valence-electron chi connectivity index (χ2n) is 3.01. The molecule has 0 atom stereocenters. The van der Waals surface area contributed by atoms with Gasteiger partial charge in [0.2, 0.25) is 5.76 Å². The quantitative estimate of drug-likeness (QED) is 0.293. The van der Waals surface area contributed by atoms with Crippen LogP contribution in [-0.4, -0.2) is 16.7 Å². The van der Waals surface area contributed by atoms with Gasteiger partial charge in [-0.2, -0.15) is 4.89 Å². The van der Waals surface area contributed by atoms with E-state index in [0.29, 0.717) is 0 Å². The van der Waals surface area contributed by atoms with Crippen LogP contribution in [0.2, 0.25) is 0 Å². The second-order valence-corrected chi connectivity index (χ2v) is 3.01. The summed E-state index contributed by atoms with van der Waals surface area (Å²) in [5.41, 5.74) is -0.529. The van der Waals surface area contributed by atoms with Gasteiger partial charge in [0.05, 0.1) is 0 Å². The molecule has 0 saturated carbocycles. The highest BCUT2D eigenvalue weighted by Crippen LogP contribution is 2.09. The molecule has 0 unspecified atom stereocenters. The van der Waals surface area contributed by atoms with Crippen molar-refractivity contribution in [2.24, 2.45) is 0 Å². The van der Waals surface area contributed by atoms with Crippen molar-refractivity contribution in [3.63, 3.8) is 0 Å². The molecule has 0 aromatic rings. The van der Waals surface area contributed by atoms with E-state index in [1.807, 2.05) is 0 Å². The number of carboxylic acids is 1. The molecule has 11 heavy (non-hydrogen) atoms. The first-order chi connectivity index (χ1) is 4.83. The van der Waals surface area contributed by atoms with E-state index in [1.54, 1.807) is 20.8 Å². The second kappa shape index (κ2) is 3.39. The van der Waals surface area contributed by atoms with Gasteiger partial charge in [-0.15, -0.1) is 0 Å². The van der Waals surface area contributed by atoms with Crippen LogP contribution in [0.25, 0.3) is 0 Å². The van der Waals surface area contributed by atoms with Crippen molar-refractivity contribution < 1.29 is 19.7 Å². The Labute approximate surface area is 65.4 Å². The molecule has 0 heterocycles. The average molecular weight is 160 g/mol. The van der Waals surface area contributed by atoms with Crippen LogP contribution in [0.4, 0.5) is 0 Å². The van der Waals surface area contributed by atoms with Gasteiger partial charge in [-0.3, -0.25) is 0 Å². The molecule has 0 spiro atoms. The Hall–Kier alpha value is -1.03. The summed E-state index contributed by atoms with van der Waals surface area (Å²) in [6, 6.07) is 0. The fourth-order valence-electron chi connectivity index (χ4n) is 0.211. The molecule has 0 radical (unpaired) electrons. The number of rotatable bonds is 3. The summed E-state index contributed by atoms with van der Waals surface area (Å²) in [4.78, 5) is 19.2. The predicted octanol–water partition coefficient (Wildman–Crippen LogP) is 1.33. The Bertz CT molecular complexity index is 166. The maximum atomic E-state index is 10.1. The van der Waals surface area contributed by atoms with Crippen molar-refractivity contribution in [3.05, 3.63) is 12.3 Å². The smallest absolute Gasteiger partial charge is 0.374 e. The highest BCUT2D eigenvalue weighted by Gasteiger charge is 2.15. The van der Waals surface area contributed by atoms with Gasteiger partial charge in [-0.1, -0.05) is 0 Å². The number of carboxylic acid groups (broad SMARTS) is 1. The zero-order chi connectivity index (χ0) is 9.07. The highest BCUT2D eigenvalue weighted by molar-refractivity contribution is 5.83. The fraction of sp³-hybridized carbons (Fsp3) is 0.571. The number of carbonyl (C=O) groups is 1. The van der Waals surface area contributed by atoms with Crippen molar-refractivity contribution in [1.82, 2.24) is 0 Å². The molecule has 0 bridgehead atoms. The molecule has 0 aliphatic rings. The lowest BCUT2D eigenvalue weighted by molar-refractivity contribution is -0.320. The molecule has 0 fully saturated rings. The largest absolute Gasteiger partial charge is 0.475 e. The molecule has 64 valence electrons. The third kappa shape index (κ3) is 5.42. The maximum absolute atomic E-state index is 10.1. The van der Waals surface area contributed by atoms with Crippen molar-refractivity contribution in [2.75, 3.05) is 0 Å². The zero-order valence-corrected chi connectivity index (χ0v) is 6.88. The van der Waals surface area contributed by atoms with Crippen LogP contribution in [0.1, 0.15) is 20.8 Å². The van der Waals surface area contributed by atoms with Crippen LogP contribution in [0.3, 0.4) is 0 Å². The Morgan fingerprint density at radius 1 is 1.45 bits per heavy atom. The van der Waals surface area contributed by atoms with Crippen LogP contribution in [0.5, 0.6) is 0 Å². The molecule has 0 amide bonds.